The Morgan fingerprint density at radius 2 is 2.38 bits per heavy atom. The molecule has 2 heterocycles. The normalized spacial score (nSPS) is 14.5. The summed E-state index contributed by atoms with van der Waals surface area (Å²) in [4.78, 5) is 2.23. The van der Waals surface area contributed by atoms with Gasteiger partial charge in [0.25, 0.3) is 0 Å². The molecule has 0 unspecified atom stereocenters. The van der Waals surface area contributed by atoms with Crippen molar-refractivity contribution in [2.24, 2.45) is 0 Å². The van der Waals surface area contributed by atoms with E-state index < -0.39 is 0 Å². The minimum absolute atomic E-state index is 0.898. The highest BCUT2D eigenvalue weighted by Gasteiger charge is 2.03. The molecule has 1 aromatic heterocycles. The molecule has 0 spiro atoms. The lowest BCUT2D eigenvalue weighted by Crippen LogP contribution is -2.07. The van der Waals surface area contributed by atoms with Crippen LogP contribution in [0, 0.1) is 12.3 Å². The van der Waals surface area contributed by atoms with Crippen LogP contribution in [-0.4, -0.2) is 6.54 Å². The van der Waals surface area contributed by atoms with E-state index in [4.69, 9.17) is 6.42 Å². The third kappa shape index (κ3) is 1.66. The molecule has 0 aromatic carbocycles. The van der Waals surface area contributed by atoms with Gasteiger partial charge in [0.1, 0.15) is 0 Å². The van der Waals surface area contributed by atoms with Crippen molar-refractivity contribution in [2.75, 3.05) is 6.54 Å². The average Bonchev–Trinajstić information content (AvgIpc) is 2.67. The maximum atomic E-state index is 5.30. The number of terminal acetylenes is 1. The number of dihydropyridines is 1. The monoisotopic (exact) mass is 187 g/mol. The standard InChI is InChI=1S/C11H9NS/c1-2-10-3-4-11(13-10)9-5-7-12-8-6-9/h1,3-7,12H,8H2. The van der Waals surface area contributed by atoms with E-state index in [0.717, 1.165) is 11.4 Å². The van der Waals surface area contributed by atoms with Gasteiger partial charge in [-0.05, 0) is 30.0 Å². The van der Waals surface area contributed by atoms with Crippen molar-refractivity contribution >= 4 is 16.9 Å². The summed E-state index contributed by atoms with van der Waals surface area (Å²) in [7, 11) is 0. The first-order valence-electron chi connectivity index (χ1n) is 4.07. The predicted molar refractivity (Wildman–Crippen MR) is 57.4 cm³/mol. The summed E-state index contributed by atoms with van der Waals surface area (Å²) in [5.41, 5.74) is 1.25. The summed E-state index contributed by atoms with van der Waals surface area (Å²) in [6.45, 7) is 0.898. The molecule has 2 heteroatoms. The first-order valence-corrected chi connectivity index (χ1v) is 4.89. The van der Waals surface area contributed by atoms with Gasteiger partial charge in [0.2, 0.25) is 0 Å². The maximum absolute atomic E-state index is 5.30. The Labute approximate surface area is 81.8 Å². The molecule has 0 amide bonds. The van der Waals surface area contributed by atoms with Gasteiger partial charge in [-0.25, -0.2) is 0 Å². The summed E-state index contributed by atoms with van der Waals surface area (Å²) >= 11 is 1.66. The molecular weight excluding hydrogens is 178 g/mol. The quantitative estimate of drug-likeness (QED) is 0.665. The second-order valence-electron chi connectivity index (χ2n) is 2.71. The van der Waals surface area contributed by atoms with Crippen LogP contribution in [0.2, 0.25) is 0 Å². The SMILES string of the molecule is C#Cc1ccc(C2=CCNC=C2)s1. The molecule has 13 heavy (non-hydrogen) atoms. The van der Waals surface area contributed by atoms with Crippen LogP contribution >= 0.6 is 11.3 Å². The third-order valence-electron chi connectivity index (χ3n) is 1.85. The highest BCUT2D eigenvalue weighted by molar-refractivity contribution is 7.13. The Balaban J connectivity index is 2.31. The zero-order valence-corrected chi connectivity index (χ0v) is 7.90. The smallest absolute Gasteiger partial charge is 0.0772 e. The lowest BCUT2D eigenvalue weighted by atomic mass is 10.2. The Kier molecular flexibility index (Phi) is 2.20. The molecular formula is C11H9NS. The fourth-order valence-electron chi connectivity index (χ4n) is 1.21. The zero-order valence-electron chi connectivity index (χ0n) is 7.08. The number of rotatable bonds is 1. The number of thiophene rings is 1. The van der Waals surface area contributed by atoms with Crippen molar-refractivity contribution in [2.45, 2.75) is 0 Å². The molecule has 0 saturated heterocycles. The summed E-state index contributed by atoms with van der Waals surface area (Å²) < 4.78 is 0. The maximum Gasteiger partial charge on any atom is 0.0772 e. The number of allylic oxidation sites excluding steroid dienone is 2. The average molecular weight is 187 g/mol. The summed E-state index contributed by atoms with van der Waals surface area (Å²) in [5, 5.41) is 3.11. The van der Waals surface area contributed by atoms with Crippen LogP contribution in [0.4, 0.5) is 0 Å². The Bertz CT molecular complexity index is 404. The van der Waals surface area contributed by atoms with Crippen molar-refractivity contribution in [1.82, 2.24) is 5.32 Å². The van der Waals surface area contributed by atoms with Crippen molar-refractivity contribution in [3.63, 3.8) is 0 Å². The van der Waals surface area contributed by atoms with Crippen molar-refractivity contribution in [1.29, 1.82) is 0 Å². The lowest BCUT2D eigenvalue weighted by Gasteiger charge is -2.05. The summed E-state index contributed by atoms with van der Waals surface area (Å²) in [6, 6.07) is 4.05. The molecule has 1 aromatic rings. The molecule has 64 valence electrons. The Morgan fingerprint density at radius 3 is 3.00 bits per heavy atom. The highest BCUT2D eigenvalue weighted by atomic mass is 32.1. The molecule has 0 aliphatic carbocycles. The van der Waals surface area contributed by atoms with Crippen LogP contribution < -0.4 is 5.32 Å². The van der Waals surface area contributed by atoms with Gasteiger partial charge in [0, 0.05) is 11.4 Å². The van der Waals surface area contributed by atoms with Crippen LogP contribution in [0.15, 0.2) is 30.5 Å². The molecule has 0 fully saturated rings. The second-order valence-corrected chi connectivity index (χ2v) is 3.79. The van der Waals surface area contributed by atoms with E-state index >= 15 is 0 Å². The molecule has 1 N–H and O–H groups in total. The van der Waals surface area contributed by atoms with Crippen molar-refractivity contribution in [3.8, 4) is 12.3 Å². The highest BCUT2D eigenvalue weighted by Crippen LogP contribution is 2.25. The lowest BCUT2D eigenvalue weighted by molar-refractivity contribution is 0.976. The largest absolute Gasteiger partial charge is 0.387 e. The van der Waals surface area contributed by atoms with Gasteiger partial charge in [-0.2, -0.15) is 0 Å². The van der Waals surface area contributed by atoms with Crippen LogP contribution in [0.25, 0.3) is 5.57 Å². The van der Waals surface area contributed by atoms with Gasteiger partial charge in [0.05, 0.1) is 4.88 Å². The van der Waals surface area contributed by atoms with Crippen LogP contribution in [-0.2, 0) is 0 Å². The van der Waals surface area contributed by atoms with E-state index in [1.54, 1.807) is 11.3 Å². The van der Waals surface area contributed by atoms with E-state index in [9.17, 15) is 0 Å². The first kappa shape index (κ1) is 8.15. The summed E-state index contributed by atoms with van der Waals surface area (Å²) in [6.07, 6.45) is 11.5. The van der Waals surface area contributed by atoms with Crippen LogP contribution in [0.3, 0.4) is 0 Å². The van der Waals surface area contributed by atoms with Crippen LogP contribution in [0.5, 0.6) is 0 Å². The van der Waals surface area contributed by atoms with E-state index in [2.05, 4.69) is 29.5 Å². The van der Waals surface area contributed by atoms with Gasteiger partial charge in [-0.15, -0.1) is 17.8 Å². The van der Waals surface area contributed by atoms with Gasteiger partial charge in [-0.3, -0.25) is 0 Å². The minimum atomic E-state index is 0.898. The Hall–Kier alpha value is -1.46. The topological polar surface area (TPSA) is 12.0 Å². The van der Waals surface area contributed by atoms with E-state index in [-0.39, 0.29) is 0 Å². The first-order chi connectivity index (χ1) is 6.40. The molecule has 2 rings (SSSR count). The number of hydrogen-bond donors (Lipinski definition) is 1. The number of hydrogen-bond acceptors (Lipinski definition) is 2. The van der Waals surface area contributed by atoms with Gasteiger partial charge < -0.3 is 5.32 Å². The van der Waals surface area contributed by atoms with Gasteiger partial charge in [-0.1, -0.05) is 12.0 Å². The molecule has 0 radical (unpaired) electrons. The molecule has 1 nitrogen and oxygen atoms in total. The van der Waals surface area contributed by atoms with Crippen molar-refractivity contribution < 1.29 is 0 Å². The fraction of sp³-hybridized carbons (Fsp3) is 0.0909. The molecule has 0 saturated carbocycles. The van der Waals surface area contributed by atoms with Gasteiger partial charge in [0.15, 0.2) is 0 Å². The predicted octanol–water partition coefficient (Wildman–Crippen LogP) is 2.23. The number of nitrogens with one attached hydrogen (secondary N) is 1. The zero-order chi connectivity index (χ0) is 9.10. The molecule has 1 aliphatic heterocycles. The fourth-order valence-corrected chi connectivity index (χ4v) is 2.04. The molecule has 0 atom stereocenters. The third-order valence-corrected chi connectivity index (χ3v) is 2.92. The molecule has 0 bridgehead atoms. The second kappa shape index (κ2) is 3.51. The molecule has 1 aliphatic rings. The summed E-state index contributed by atoms with van der Waals surface area (Å²) in [5.74, 6) is 2.64. The van der Waals surface area contributed by atoms with E-state index in [1.807, 2.05) is 12.3 Å². The Morgan fingerprint density at radius 1 is 1.46 bits per heavy atom. The van der Waals surface area contributed by atoms with E-state index in [1.165, 1.54) is 10.5 Å². The minimum Gasteiger partial charge on any atom is -0.387 e. The van der Waals surface area contributed by atoms with E-state index in [0.29, 0.717) is 0 Å². The van der Waals surface area contributed by atoms with Gasteiger partial charge >= 0.3 is 0 Å². The van der Waals surface area contributed by atoms with Crippen LogP contribution in [0.1, 0.15) is 9.75 Å². The van der Waals surface area contributed by atoms with Crippen molar-refractivity contribution in [3.05, 3.63) is 40.2 Å².